The van der Waals surface area contributed by atoms with E-state index in [0.717, 1.165) is 4.98 Å². The molecule has 0 spiro atoms. The molecule has 0 radical (unpaired) electrons. The molecule has 0 fully saturated rings. The van der Waals surface area contributed by atoms with Crippen molar-refractivity contribution in [1.82, 2.24) is 4.98 Å². The van der Waals surface area contributed by atoms with Crippen molar-refractivity contribution in [3.05, 3.63) is 33.8 Å². The molecule has 1 aromatic rings. The molecule has 0 saturated carbocycles. The molecule has 0 aliphatic carbocycles. The Balaban J connectivity index is 3.59. The van der Waals surface area contributed by atoms with Crippen molar-refractivity contribution in [3.8, 4) is 0 Å². The summed E-state index contributed by atoms with van der Waals surface area (Å²) in [6.07, 6.45) is 0. The van der Waals surface area contributed by atoms with Crippen molar-refractivity contribution in [1.29, 1.82) is 0 Å². The lowest BCUT2D eigenvalue weighted by molar-refractivity contribution is 0.385. The Kier molecular flexibility index (Phi) is 1.67. The van der Waals surface area contributed by atoms with Crippen LogP contribution in [0.2, 0.25) is 0 Å². The SMILES string of the molecule is O=c1[nH]c(F)c(F)c(F)c1F. The smallest absolute Gasteiger partial charge is 0.289 e. The predicted octanol–water partition coefficient (Wildman–Crippen LogP) is 0.931. The zero-order valence-corrected chi connectivity index (χ0v) is 4.92. The molecule has 11 heavy (non-hydrogen) atoms. The molecule has 60 valence electrons. The van der Waals surface area contributed by atoms with Crippen LogP contribution in [0.4, 0.5) is 17.6 Å². The van der Waals surface area contributed by atoms with Crippen LogP contribution in [-0.2, 0) is 0 Å². The van der Waals surface area contributed by atoms with E-state index < -0.39 is 29.0 Å². The van der Waals surface area contributed by atoms with Crippen molar-refractivity contribution in [3.63, 3.8) is 0 Å². The summed E-state index contributed by atoms with van der Waals surface area (Å²) in [6.45, 7) is 0. The first kappa shape index (κ1) is 7.77. The van der Waals surface area contributed by atoms with Crippen LogP contribution in [0, 0.1) is 23.4 Å². The second-order valence-electron chi connectivity index (χ2n) is 1.71. The van der Waals surface area contributed by atoms with Crippen LogP contribution in [0.3, 0.4) is 0 Å². The van der Waals surface area contributed by atoms with Gasteiger partial charge in [0.2, 0.25) is 23.4 Å². The minimum Gasteiger partial charge on any atom is -0.294 e. The van der Waals surface area contributed by atoms with Gasteiger partial charge < -0.3 is 0 Å². The van der Waals surface area contributed by atoms with E-state index in [1.165, 1.54) is 0 Å². The molecule has 1 rings (SSSR count). The number of halogens is 4. The summed E-state index contributed by atoms with van der Waals surface area (Å²) in [5, 5.41) is 0. The lowest BCUT2D eigenvalue weighted by Crippen LogP contribution is -2.17. The quantitative estimate of drug-likeness (QED) is 0.452. The zero-order valence-electron chi connectivity index (χ0n) is 4.92. The minimum atomic E-state index is -2.11. The average Bonchev–Trinajstić information content (AvgIpc) is 1.97. The Labute approximate surface area is 57.5 Å². The van der Waals surface area contributed by atoms with Crippen molar-refractivity contribution < 1.29 is 17.6 Å². The molecule has 0 bridgehead atoms. The Bertz CT molecular complexity index is 345. The van der Waals surface area contributed by atoms with Crippen LogP contribution < -0.4 is 5.56 Å². The fraction of sp³-hybridized carbons (Fsp3) is 0. The van der Waals surface area contributed by atoms with Gasteiger partial charge in [-0.25, -0.2) is 4.39 Å². The second kappa shape index (κ2) is 2.37. The topological polar surface area (TPSA) is 32.9 Å². The molecule has 1 aromatic heterocycles. The number of H-pyrrole nitrogens is 1. The van der Waals surface area contributed by atoms with Crippen molar-refractivity contribution in [2.24, 2.45) is 0 Å². The maximum absolute atomic E-state index is 12.0. The maximum atomic E-state index is 12.0. The number of aromatic nitrogens is 1. The molecule has 0 amide bonds. The van der Waals surface area contributed by atoms with E-state index in [-0.39, 0.29) is 0 Å². The van der Waals surface area contributed by atoms with Crippen LogP contribution in [0.25, 0.3) is 0 Å². The van der Waals surface area contributed by atoms with Crippen molar-refractivity contribution in [2.75, 3.05) is 0 Å². The summed E-state index contributed by atoms with van der Waals surface area (Å²) >= 11 is 0. The molecule has 0 unspecified atom stereocenters. The standard InChI is InChI=1S/C5HF4NO/c6-1-2(7)4(9)10-5(11)3(1)8/h(H,10,11). The fourth-order valence-electron chi connectivity index (χ4n) is 0.502. The molecule has 1 heterocycles. The van der Waals surface area contributed by atoms with Crippen molar-refractivity contribution in [2.45, 2.75) is 0 Å². The number of aromatic amines is 1. The van der Waals surface area contributed by atoms with Gasteiger partial charge in [0.05, 0.1) is 0 Å². The lowest BCUT2D eigenvalue weighted by atomic mass is 10.4. The third-order valence-corrected chi connectivity index (χ3v) is 1.00. The highest BCUT2D eigenvalue weighted by molar-refractivity contribution is 5.02. The average molecular weight is 167 g/mol. The van der Waals surface area contributed by atoms with Gasteiger partial charge in [0.1, 0.15) is 0 Å². The number of nitrogens with one attached hydrogen (secondary N) is 1. The van der Waals surface area contributed by atoms with Gasteiger partial charge in [-0.1, -0.05) is 0 Å². The van der Waals surface area contributed by atoms with E-state index in [1.807, 2.05) is 0 Å². The van der Waals surface area contributed by atoms with Crippen LogP contribution in [0.1, 0.15) is 0 Å². The monoisotopic (exact) mass is 167 g/mol. The Morgan fingerprint density at radius 3 is 2.00 bits per heavy atom. The number of rotatable bonds is 0. The maximum Gasteiger partial charge on any atom is 0.289 e. The van der Waals surface area contributed by atoms with Gasteiger partial charge in [0, 0.05) is 0 Å². The molecule has 0 saturated heterocycles. The van der Waals surface area contributed by atoms with Gasteiger partial charge in [0.15, 0.2) is 0 Å². The van der Waals surface area contributed by atoms with Crippen LogP contribution >= 0.6 is 0 Å². The zero-order chi connectivity index (χ0) is 8.59. The van der Waals surface area contributed by atoms with Gasteiger partial charge in [-0.15, -0.1) is 0 Å². The number of hydrogen-bond acceptors (Lipinski definition) is 1. The van der Waals surface area contributed by atoms with Gasteiger partial charge >= 0.3 is 0 Å². The van der Waals surface area contributed by atoms with Crippen molar-refractivity contribution >= 4 is 0 Å². The molecule has 6 heteroatoms. The summed E-state index contributed by atoms with van der Waals surface area (Å²) in [5.74, 6) is -7.90. The molecule has 0 aliphatic rings. The highest BCUT2D eigenvalue weighted by Crippen LogP contribution is 2.07. The highest BCUT2D eigenvalue weighted by Gasteiger charge is 2.17. The Morgan fingerprint density at radius 2 is 1.45 bits per heavy atom. The first-order chi connectivity index (χ1) is 5.04. The minimum absolute atomic E-state index is 1.14. The summed E-state index contributed by atoms with van der Waals surface area (Å²) in [5.41, 5.74) is -1.62. The highest BCUT2D eigenvalue weighted by atomic mass is 19.2. The first-order valence-corrected chi connectivity index (χ1v) is 2.46. The van der Waals surface area contributed by atoms with Crippen LogP contribution in [-0.4, -0.2) is 4.98 Å². The van der Waals surface area contributed by atoms with Gasteiger partial charge in [-0.3, -0.25) is 9.78 Å². The third kappa shape index (κ3) is 1.11. The summed E-state index contributed by atoms with van der Waals surface area (Å²) in [7, 11) is 0. The Hall–Kier alpha value is -1.33. The molecule has 0 aromatic carbocycles. The summed E-state index contributed by atoms with van der Waals surface area (Å²) < 4.78 is 48.1. The van der Waals surface area contributed by atoms with Crippen LogP contribution in [0.15, 0.2) is 4.79 Å². The summed E-state index contributed by atoms with van der Waals surface area (Å²) in [4.78, 5) is 11.3. The summed E-state index contributed by atoms with van der Waals surface area (Å²) in [6, 6.07) is 0. The largest absolute Gasteiger partial charge is 0.294 e. The predicted molar refractivity (Wildman–Crippen MR) is 26.9 cm³/mol. The molecular formula is C5HF4NO. The lowest BCUT2D eigenvalue weighted by Gasteiger charge is -1.93. The molecule has 0 atom stereocenters. The molecule has 0 aliphatic heterocycles. The first-order valence-electron chi connectivity index (χ1n) is 2.46. The third-order valence-electron chi connectivity index (χ3n) is 1.00. The van der Waals surface area contributed by atoms with E-state index in [2.05, 4.69) is 0 Å². The van der Waals surface area contributed by atoms with E-state index in [1.54, 1.807) is 0 Å². The van der Waals surface area contributed by atoms with Crippen LogP contribution in [0.5, 0.6) is 0 Å². The van der Waals surface area contributed by atoms with E-state index >= 15 is 0 Å². The normalized spacial score (nSPS) is 10.2. The van der Waals surface area contributed by atoms with Gasteiger partial charge in [-0.2, -0.15) is 13.2 Å². The molecule has 2 nitrogen and oxygen atoms in total. The second-order valence-corrected chi connectivity index (χ2v) is 1.71. The van der Waals surface area contributed by atoms with E-state index in [4.69, 9.17) is 0 Å². The number of hydrogen-bond donors (Lipinski definition) is 1. The fourth-order valence-corrected chi connectivity index (χ4v) is 0.502. The Morgan fingerprint density at radius 1 is 0.909 bits per heavy atom. The van der Waals surface area contributed by atoms with E-state index in [9.17, 15) is 22.4 Å². The molecule has 1 N–H and O–H groups in total. The van der Waals surface area contributed by atoms with Gasteiger partial charge in [-0.05, 0) is 0 Å². The van der Waals surface area contributed by atoms with Gasteiger partial charge in [0.25, 0.3) is 5.56 Å². The number of pyridine rings is 1. The van der Waals surface area contributed by atoms with E-state index in [0.29, 0.717) is 0 Å². The molecular weight excluding hydrogens is 166 g/mol.